The van der Waals surface area contributed by atoms with Gasteiger partial charge in [0, 0.05) is 12.0 Å². The van der Waals surface area contributed by atoms with Gasteiger partial charge < -0.3 is 10.1 Å². The topological polar surface area (TPSA) is 45.0 Å². The van der Waals surface area contributed by atoms with Crippen LogP contribution in [0.1, 0.15) is 23.6 Å². The molecule has 21 heavy (non-hydrogen) atoms. The van der Waals surface area contributed by atoms with E-state index in [1.807, 2.05) is 6.07 Å². The van der Waals surface area contributed by atoms with Gasteiger partial charge in [-0.25, -0.2) is 8.78 Å². The Morgan fingerprint density at radius 1 is 1.24 bits per heavy atom. The molecule has 1 N–H and O–H groups in total. The molecule has 0 bridgehead atoms. The maximum absolute atomic E-state index is 13.6. The van der Waals surface area contributed by atoms with E-state index >= 15 is 0 Å². The van der Waals surface area contributed by atoms with Crippen molar-refractivity contribution >= 4 is 5.69 Å². The molecule has 2 aromatic rings. The van der Waals surface area contributed by atoms with Gasteiger partial charge in [0.15, 0.2) is 0 Å². The van der Waals surface area contributed by atoms with Gasteiger partial charge in [0.1, 0.15) is 29.0 Å². The first-order valence-electron chi connectivity index (χ1n) is 6.56. The number of ether oxygens (including phenoxy) is 1. The first-order chi connectivity index (χ1) is 10.2. The van der Waals surface area contributed by atoms with Crippen molar-refractivity contribution in [1.82, 2.24) is 0 Å². The molecule has 1 unspecified atom stereocenters. The van der Waals surface area contributed by atoms with Crippen LogP contribution in [0, 0.1) is 23.0 Å². The smallest absolute Gasteiger partial charge is 0.143 e. The van der Waals surface area contributed by atoms with Crippen LogP contribution in [-0.4, -0.2) is 6.61 Å². The first kappa shape index (κ1) is 13.4. The van der Waals surface area contributed by atoms with Gasteiger partial charge in [-0.2, -0.15) is 5.26 Å². The zero-order valence-electron chi connectivity index (χ0n) is 11.1. The summed E-state index contributed by atoms with van der Waals surface area (Å²) in [5, 5.41) is 12.2. The van der Waals surface area contributed by atoms with Crippen molar-refractivity contribution in [2.24, 2.45) is 0 Å². The molecule has 1 aliphatic rings. The largest absolute Gasteiger partial charge is 0.493 e. The van der Waals surface area contributed by atoms with E-state index in [-0.39, 0.29) is 17.4 Å². The van der Waals surface area contributed by atoms with E-state index in [1.165, 1.54) is 24.3 Å². The van der Waals surface area contributed by atoms with E-state index in [9.17, 15) is 8.78 Å². The van der Waals surface area contributed by atoms with Gasteiger partial charge in [-0.1, -0.05) is 6.07 Å². The normalized spacial score (nSPS) is 16.5. The number of nitriles is 1. The highest BCUT2D eigenvalue weighted by Gasteiger charge is 2.23. The lowest BCUT2D eigenvalue weighted by Crippen LogP contribution is -2.21. The molecule has 0 radical (unpaired) electrons. The van der Waals surface area contributed by atoms with E-state index in [0.717, 1.165) is 0 Å². The third-order valence-electron chi connectivity index (χ3n) is 3.47. The van der Waals surface area contributed by atoms with Gasteiger partial charge in [-0.15, -0.1) is 0 Å². The van der Waals surface area contributed by atoms with Gasteiger partial charge in [0.2, 0.25) is 0 Å². The highest BCUT2D eigenvalue weighted by Crippen LogP contribution is 2.35. The number of nitrogens with zero attached hydrogens (tertiary/aromatic N) is 1. The SMILES string of the molecule is N#Cc1c(F)cccc1NC1CCOc2ccc(F)cc21. The summed E-state index contributed by atoms with van der Waals surface area (Å²) in [4.78, 5) is 0. The number of hydrogen-bond donors (Lipinski definition) is 1. The van der Waals surface area contributed by atoms with Gasteiger partial charge in [0.25, 0.3) is 0 Å². The van der Waals surface area contributed by atoms with Gasteiger partial charge in [0.05, 0.1) is 18.3 Å². The molecule has 106 valence electrons. The molecule has 0 amide bonds. The Morgan fingerprint density at radius 2 is 2.10 bits per heavy atom. The molecule has 0 aromatic heterocycles. The number of anilines is 1. The minimum atomic E-state index is -0.575. The molecule has 3 nitrogen and oxygen atoms in total. The van der Waals surface area contributed by atoms with Crippen LogP contribution < -0.4 is 10.1 Å². The summed E-state index contributed by atoms with van der Waals surface area (Å²) in [7, 11) is 0. The van der Waals surface area contributed by atoms with Crippen LogP contribution in [-0.2, 0) is 0 Å². The Kier molecular flexibility index (Phi) is 3.44. The lowest BCUT2D eigenvalue weighted by Gasteiger charge is -2.27. The van der Waals surface area contributed by atoms with Gasteiger partial charge in [-0.3, -0.25) is 0 Å². The summed E-state index contributed by atoms with van der Waals surface area (Å²) in [5.74, 6) is -0.324. The summed E-state index contributed by atoms with van der Waals surface area (Å²) in [6, 6.07) is 10.3. The number of halogens is 2. The fourth-order valence-corrected chi connectivity index (χ4v) is 2.46. The van der Waals surface area contributed by atoms with Crippen LogP contribution >= 0.6 is 0 Å². The summed E-state index contributed by atoms with van der Waals surface area (Å²) >= 11 is 0. The van der Waals surface area contributed by atoms with E-state index in [0.29, 0.717) is 30.0 Å². The summed E-state index contributed by atoms with van der Waals surface area (Å²) in [5.41, 5.74) is 1.04. The average molecular weight is 286 g/mol. The number of hydrogen-bond acceptors (Lipinski definition) is 3. The van der Waals surface area contributed by atoms with Crippen molar-refractivity contribution in [1.29, 1.82) is 5.26 Å². The number of nitrogens with one attached hydrogen (secondary N) is 1. The average Bonchev–Trinajstić information content (AvgIpc) is 2.48. The van der Waals surface area contributed by atoms with Crippen LogP contribution in [0.15, 0.2) is 36.4 Å². The highest BCUT2D eigenvalue weighted by atomic mass is 19.1. The third-order valence-corrected chi connectivity index (χ3v) is 3.47. The number of rotatable bonds is 2. The Hall–Kier alpha value is -2.61. The summed E-state index contributed by atoms with van der Waals surface area (Å²) in [6.45, 7) is 0.480. The molecule has 5 heteroatoms. The third kappa shape index (κ3) is 2.52. The monoisotopic (exact) mass is 286 g/mol. The lowest BCUT2D eigenvalue weighted by atomic mass is 9.99. The lowest BCUT2D eigenvalue weighted by molar-refractivity contribution is 0.273. The molecule has 0 spiro atoms. The van der Waals surface area contributed by atoms with Crippen LogP contribution in [0.25, 0.3) is 0 Å². The van der Waals surface area contributed by atoms with Gasteiger partial charge >= 0.3 is 0 Å². The zero-order valence-corrected chi connectivity index (χ0v) is 11.1. The second-order valence-corrected chi connectivity index (χ2v) is 4.79. The molecule has 0 aliphatic carbocycles. The van der Waals surface area contributed by atoms with E-state index in [4.69, 9.17) is 10.00 Å². The molecule has 1 aliphatic heterocycles. The van der Waals surface area contributed by atoms with Crippen molar-refractivity contribution in [3.05, 3.63) is 59.2 Å². The molecule has 1 heterocycles. The van der Waals surface area contributed by atoms with Crippen LogP contribution in [0.2, 0.25) is 0 Å². The van der Waals surface area contributed by atoms with Gasteiger partial charge in [-0.05, 0) is 30.3 Å². The molecular formula is C16H12F2N2O. The highest BCUT2D eigenvalue weighted by molar-refractivity contribution is 5.59. The molecule has 2 aromatic carbocycles. The Balaban J connectivity index is 1.96. The predicted molar refractivity (Wildman–Crippen MR) is 74.0 cm³/mol. The molecule has 3 rings (SSSR count). The zero-order chi connectivity index (χ0) is 14.8. The van der Waals surface area contributed by atoms with Crippen LogP contribution in [0.3, 0.4) is 0 Å². The predicted octanol–water partition coefficient (Wildman–Crippen LogP) is 3.77. The van der Waals surface area contributed by atoms with E-state index < -0.39 is 5.82 Å². The molecule has 1 atom stereocenters. The summed E-state index contributed by atoms with van der Waals surface area (Å²) in [6.07, 6.45) is 0.609. The quantitative estimate of drug-likeness (QED) is 0.914. The van der Waals surface area contributed by atoms with Crippen molar-refractivity contribution in [3.8, 4) is 11.8 Å². The number of benzene rings is 2. The van der Waals surface area contributed by atoms with Crippen LogP contribution in [0.5, 0.6) is 5.75 Å². The van der Waals surface area contributed by atoms with Crippen LogP contribution in [0.4, 0.5) is 14.5 Å². The molecule has 0 fully saturated rings. The molecular weight excluding hydrogens is 274 g/mol. The van der Waals surface area contributed by atoms with E-state index in [1.54, 1.807) is 12.1 Å². The molecule has 0 saturated heterocycles. The fraction of sp³-hybridized carbons (Fsp3) is 0.188. The Labute approximate surface area is 120 Å². The van der Waals surface area contributed by atoms with Crippen molar-refractivity contribution in [2.75, 3.05) is 11.9 Å². The van der Waals surface area contributed by atoms with E-state index in [2.05, 4.69) is 5.32 Å². The standard InChI is InChI=1S/C16H12F2N2O/c17-10-4-5-16-11(8-10)15(6-7-21-16)20-14-3-1-2-13(18)12(14)9-19/h1-5,8,15,20H,6-7H2. The van der Waals surface area contributed by atoms with Crippen molar-refractivity contribution < 1.29 is 13.5 Å². The second kappa shape index (κ2) is 5.41. The fourth-order valence-electron chi connectivity index (χ4n) is 2.46. The number of fused-ring (bicyclic) bond motifs is 1. The Morgan fingerprint density at radius 3 is 2.90 bits per heavy atom. The maximum Gasteiger partial charge on any atom is 0.143 e. The first-order valence-corrected chi connectivity index (χ1v) is 6.56. The minimum Gasteiger partial charge on any atom is -0.493 e. The Bertz CT molecular complexity index is 725. The summed E-state index contributed by atoms with van der Waals surface area (Å²) < 4.78 is 32.5. The second-order valence-electron chi connectivity index (χ2n) is 4.79. The van der Waals surface area contributed by atoms with Crippen molar-refractivity contribution in [3.63, 3.8) is 0 Å². The minimum absolute atomic E-state index is 0.0399. The maximum atomic E-state index is 13.6. The van der Waals surface area contributed by atoms with Crippen molar-refractivity contribution in [2.45, 2.75) is 12.5 Å². The molecule has 0 saturated carbocycles.